The van der Waals surface area contributed by atoms with Gasteiger partial charge in [0, 0.05) is 38.4 Å². The van der Waals surface area contributed by atoms with Crippen molar-refractivity contribution in [1.82, 2.24) is 15.5 Å². The second-order valence-corrected chi connectivity index (χ2v) is 7.44. The molecule has 2 aliphatic rings. The monoisotopic (exact) mass is 551 g/mol. The number of benzene rings is 2. The molecule has 0 bridgehead atoms. The lowest BCUT2D eigenvalue weighted by atomic mass is 10.2. The number of ether oxygens (including phenoxy) is 2. The Morgan fingerprint density at radius 1 is 1.00 bits per heavy atom. The molecule has 0 atom stereocenters. The van der Waals surface area contributed by atoms with Crippen molar-refractivity contribution >= 4 is 41.5 Å². The zero-order chi connectivity index (χ0) is 21.5. The number of anilines is 1. The average Bonchev–Trinajstić information content (AvgIpc) is 3.29. The molecule has 0 radical (unpaired) electrons. The third-order valence-corrected chi connectivity index (χ3v) is 5.36. The van der Waals surface area contributed by atoms with Gasteiger partial charge in [-0.15, -0.1) is 24.0 Å². The number of aliphatic imine (C=N–C) groups is 1. The Morgan fingerprint density at radius 3 is 2.50 bits per heavy atom. The highest BCUT2D eigenvalue weighted by molar-refractivity contribution is 14.0. The Hall–Kier alpha value is -2.69. The Balaban J connectivity index is 0.00000289. The van der Waals surface area contributed by atoms with Gasteiger partial charge >= 0.3 is 0 Å². The van der Waals surface area contributed by atoms with E-state index >= 15 is 0 Å². The largest absolute Gasteiger partial charge is 0.454 e. The van der Waals surface area contributed by atoms with E-state index in [1.54, 1.807) is 0 Å². The van der Waals surface area contributed by atoms with Gasteiger partial charge in [-0.1, -0.05) is 24.3 Å². The minimum Gasteiger partial charge on any atom is -0.454 e. The fourth-order valence-corrected chi connectivity index (χ4v) is 3.68. The predicted octanol–water partition coefficient (Wildman–Crippen LogP) is 2.44. The molecule has 2 aliphatic heterocycles. The van der Waals surface area contributed by atoms with Gasteiger partial charge < -0.3 is 29.9 Å². The lowest BCUT2D eigenvalue weighted by Crippen LogP contribution is -2.52. The molecule has 32 heavy (non-hydrogen) atoms. The molecule has 8 nitrogen and oxygen atoms in total. The summed E-state index contributed by atoms with van der Waals surface area (Å²) in [5.74, 6) is 2.21. The number of carbonyl (C=O) groups excluding carboxylic acids is 1. The number of hydrogen-bond acceptors (Lipinski definition) is 5. The molecule has 4 rings (SSSR count). The van der Waals surface area contributed by atoms with Crippen molar-refractivity contribution in [3.63, 3.8) is 0 Å². The van der Waals surface area contributed by atoms with Crippen molar-refractivity contribution in [1.29, 1.82) is 0 Å². The van der Waals surface area contributed by atoms with E-state index in [4.69, 9.17) is 9.47 Å². The molecule has 0 saturated carbocycles. The van der Waals surface area contributed by atoms with Gasteiger partial charge in [0.1, 0.15) is 0 Å². The number of halogens is 1. The molecule has 1 saturated heterocycles. The van der Waals surface area contributed by atoms with Gasteiger partial charge in [-0.3, -0.25) is 4.79 Å². The van der Waals surface area contributed by atoms with E-state index in [0.717, 1.165) is 49.8 Å². The Kier molecular flexibility index (Phi) is 8.83. The molecule has 0 spiro atoms. The van der Waals surface area contributed by atoms with Gasteiger partial charge in [-0.2, -0.15) is 0 Å². The van der Waals surface area contributed by atoms with Crippen LogP contribution in [0.3, 0.4) is 0 Å². The molecular formula is C23H30IN5O3. The summed E-state index contributed by atoms with van der Waals surface area (Å²) in [7, 11) is 0. The van der Waals surface area contributed by atoms with Crippen LogP contribution < -0.4 is 25.0 Å². The first-order chi connectivity index (χ1) is 15.2. The zero-order valence-electron chi connectivity index (χ0n) is 18.3. The van der Waals surface area contributed by atoms with Gasteiger partial charge in [-0.25, -0.2) is 4.99 Å². The van der Waals surface area contributed by atoms with Crippen LogP contribution in [-0.2, 0) is 11.3 Å². The van der Waals surface area contributed by atoms with Crippen molar-refractivity contribution in [3.8, 4) is 11.5 Å². The minimum absolute atomic E-state index is 0. The highest BCUT2D eigenvalue weighted by Crippen LogP contribution is 2.32. The number of guanidine groups is 1. The molecule has 0 aromatic heterocycles. The second kappa shape index (κ2) is 11.8. The van der Waals surface area contributed by atoms with Crippen LogP contribution in [0.2, 0.25) is 0 Å². The normalized spacial score (nSPS) is 15.2. The summed E-state index contributed by atoms with van der Waals surface area (Å²) in [6, 6.07) is 16.1. The molecule has 172 valence electrons. The van der Waals surface area contributed by atoms with Crippen molar-refractivity contribution in [3.05, 3.63) is 54.1 Å². The molecule has 2 heterocycles. The number of nitrogens with one attached hydrogen (secondary N) is 2. The molecule has 1 fully saturated rings. The Bertz CT molecular complexity index is 917. The SMILES string of the molecule is CCNC(=NCc1ccc2c(c1)OCO2)NCC(=O)N1CCN(c2ccccc2)CC1.I. The highest BCUT2D eigenvalue weighted by Gasteiger charge is 2.21. The number of amides is 1. The summed E-state index contributed by atoms with van der Waals surface area (Å²) < 4.78 is 10.8. The summed E-state index contributed by atoms with van der Waals surface area (Å²) in [6.07, 6.45) is 0. The maximum absolute atomic E-state index is 12.7. The summed E-state index contributed by atoms with van der Waals surface area (Å²) in [6.45, 7) is 6.81. The Labute approximate surface area is 206 Å². The van der Waals surface area contributed by atoms with Crippen LogP contribution in [0.15, 0.2) is 53.5 Å². The second-order valence-electron chi connectivity index (χ2n) is 7.44. The first-order valence-electron chi connectivity index (χ1n) is 10.7. The summed E-state index contributed by atoms with van der Waals surface area (Å²) in [5.41, 5.74) is 2.22. The van der Waals surface area contributed by atoms with Crippen molar-refractivity contribution in [2.45, 2.75) is 13.5 Å². The molecule has 2 N–H and O–H groups in total. The molecule has 2 aromatic carbocycles. The van der Waals surface area contributed by atoms with E-state index in [-0.39, 0.29) is 43.2 Å². The fourth-order valence-electron chi connectivity index (χ4n) is 3.68. The molecule has 9 heteroatoms. The van der Waals surface area contributed by atoms with Gasteiger partial charge in [0.15, 0.2) is 17.5 Å². The molecule has 2 aromatic rings. The number of piperazine rings is 1. The maximum Gasteiger partial charge on any atom is 0.242 e. The lowest BCUT2D eigenvalue weighted by molar-refractivity contribution is -0.130. The number of nitrogens with zero attached hydrogens (tertiary/aromatic N) is 3. The van der Waals surface area contributed by atoms with E-state index in [1.165, 1.54) is 5.69 Å². The number of rotatable bonds is 6. The van der Waals surface area contributed by atoms with Crippen LogP contribution in [0.4, 0.5) is 5.69 Å². The topological polar surface area (TPSA) is 78.4 Å². The quantitative estimate of drug-likeness (QED) is 0.327. The Morgan fingerprint density at radius 2 is 1.75 bits per heavy atom. The van der Waals surface area contributed by atoms with Crippen LogP contribution in [0.1, 0.15) is 12.5 Å². The van der Waals surface area contributed by atoms with E-state index in [1.807, 2.05) is 48.2 Å². The van der Waals surface area contributed by atoms with Crippen molar-refractivity contribution < 1.29 is 14.3 Å². The van der Waals surface area contributed by atoms with Crippen molar-refractivity contribution in [2.75, 3.05) is 51.0 Å². The smallest absolute Gasteiger partial charge is 0.242 e. The molecule has 0 aliphatic carbocycles. The van der Waals surface area contributed by atoms with Gasteiger partial charge in [0.05, 0.1) is 13.1 Å². The number of hydrogen-bond donors (Lipinski definition) is 2. The fraction of sp³-hybridized carbons (Fsp3) is 0.391. The van der Waals surface area contributed by atoms with E-state index in [2.05, 4.69) is 32.7 Å². The first kappa shape index (κ1) is 24.0. The first-order valence-corrected chi connectivity index (χ1v) is 10.7. The minimum atomic E-state index is 0. The summed E-state index contributed by atoms with van der Waals surface area (Å²) >= 11 is 0. The average molecular weight is 551 g/mol. The van der Waals surface area contributed by atoms with Crippen LogP contribution in [0, 0.1) is 0 Å². The standard InChI is InChI=1S/C23H29N5O3.HI/c1-2-24-23(25-15-18-8-9-20-21(14-18)31-17-30-20)26-16-22(29)28-12-10-27(11-13-28)19-6-4-3-5-7-19;/h3-9,14H,2,10-13,15-17H2,1H3,(H2,24,25,26);1H. The number of fused-ring (bicyclic) bond motifs is 1. The van der Waals surface area contributed by atoms with Crippen LogP contribution in [0.5, 0.6) is 11.5 Å². The van der Waals surface area contributed by atoms with Crippen LogP contribution in [-0.4, -0.2) is 62.8 Å². The van der Waals surface area contributed by atoms with Gasteiger partial charge in [0.25, 0.3) is 0 Å². The molecular weight excluding hydrogens is 521 g/mol. The van der Waals surface area contributed by atoms with Gasteiger partial charge in [-0.05, 0) is 36.8 Å². The van der Waals surface area contributed by atoms with Gasteiger partial charge in [0.2, 0.25) is 12.7 Å². The van der Waals surface area contributed by atoms with E-state index < -0.39 is 0 Å². The lowest BCUT2D eigenvalue weighted by Gasteiger charge is -2.36. The summed E-state index contributed by atoms with van der Waals surface area (Å²) in [4.78, 5) is 21.5. The van der Waals surface area contributed by atoms with Crippen LogP contribution >= 0.6 is 24.0 Å². The predicted molar refractivity (Wildman–Crippen MR) is 136 cm³/mol. The van der Waals surface area contributed by atoms with E-state index in [0.29, 0.717) is 12.5 Å². The maximum atomic E-state index is 12.7. The van der Waals surface area contributed by atoms with Crippen LogP contribution in [0.25, 0.3) is 0 Å². The molecule has 1 amide bonds. The number of para-hydroxylation sites is 1. The number of carbonyl (C=O) groups is 1. The summed E-state index contributed by atoms with van der Waals surface area (Å²) in [5, 5.41) is 6.36. The third-order valence-electron chi connectivity index (χ3n) is 5.36. The zero-order valence-corrected chi connectivity index (χ0v) is 20.6. The third kappa shape index (κ3) is 6.18. The molecule has 0 unspecified atom stereocenters. The van der Waals surface area contributed by atoms with E-state index in [9.17, 15) is 4.79 Å². The highest BCUT2D eigenvalue weighted by atomic mass is 127. The van der Waals surface area contributed by atoms with Crippen molar-refractivity contribution in [2.24, 2.45) is 4.99 Å².